The second kappa shape index (κ2) is 8.55. The van der Waals surface area contributed by atoms with E-state index in [2.05, 4.69) is 6.07 Å². The lowest BCUT2D eigenvalue weighted by Crippen LogP contribution is -2.44. The molecule has 156 valence electrons. The summed E-state index contributed by atoms with van der Waals surface area (Å²) in [5, 5.41) is 2.52. The second-order valence-electron chi connectivity index (χ2n) is 7.46. The van der Waals surface area contributed by atoms with E-state index in [0.717, 1.165) is 19.4 Å². The number of hydrogen-bond donors (Lipinski definition) is 0. The minimum absolute atomic E-state index is 0.0220. The molecule has 0 radical (unpaired) electrons. The Labute approximate surface area is 185 Å². The molecule has 5 nitrogen and oxygen atoms in total. The van der Waals surface area contributed by atoms with Crippen molar-refractivity contribution in [3.63, 3.8) is 0 Å². The number of rotatable bonds is 4. The zero-order chi connectivity index (χ0) is 20.6. The number of amides is 1. The number of likely N-dealkylation sites (tertiary alicyclic amines) is 1. The summed E-state index contributed by atoms with van der Waals surface area (Å²) in [4.78, 5) is 16.4. The molecule has 29 heavy (non-hydrogen) atoms. The van der Waals surface area contributed by atoms with E-state index in [1.54, 1.807) is 17.4 Å². The van der Waals surface area contributed by atoms with Crippen molar-refractivity contribution in [2.45, 2.75) is 36.6 Å². The molecule has 0 aliphatic carbocycles. The van der Waals surface area contributed by atoms with Crippen molar-refractivity contribution >= 4 is 50.5 Å². The Morgan fingerprint density at radius 3 is 2.52 bits per heavy atom. The van der Waals surface area contributed by atoms with Gasteiger partial charge in [0, 0.05) is 35.5 Å². The molecular formula is C20H22Cl2N2O3S2. The van der Waals surface area contributed by atoms with Crippen LogP contribution in [0.25, 0.3) is 0 Å². The molecule has 1 unspecified atom stereocenters. The average Bonchev–Trinajstić information content (AvgIpc) is 3.40. The molecule has 0 bridgehead atoms. The maximum Gasteiger partial charge on any atom is 0.244 e. The van der Waals surface area contributed by atoms with Crippen molar-refractivity contribution < 1.29 is 13.2 Å². The summed E-state index contributed by atoms with van der Waals surface area (Å²) in [5.41, 5.74) is 0. The number of thiophene rings is 1. The second-order valence-corrected chi connectivity index (χ2v) is 11.2. The van der Waals surface area contributed by atoms with Gasteiger partial charge in [-0.15, -0.1) is 11.3 Å². The van der Waals surface area contributed by atoms with E-state index >= 15 is 0 Å². The molecule has 2 saturated heterocycles. The molecule has 1 atom stereocenters. The SMILES string of the molecule is O=C(C1CCN(S(=O)(=O)c2cc(Cl)ccc2Cl)CC1)N1CCCC1c1cccs1. The molecule has 2 aliphatic rings. The van der Waals surface area contributed by atoms with Crippen molar-refractivity contribution in [2.75, 3.05) is 19.6 Å². The molecule has 9 heteroatoms. The lowest BCUT2D eigenvalue weighted by atomic mass is 9.96. The van der Waals surface area contributed by atoms with Gasteiger partial charge in [-0.25, -0.2) is 8.42 Å². The van der Waals surface area contributed by atoms with Crippen molar-refractivity contribution in [1.29, 1.82) is 0 Å². The molecule has 2 aliphatic heterocycles. The van der Waals surface area contributed by atoms with E-state index in [1.807, 2.05) is 16.3 Å². The van der Waals surface area contributed by atoms with Crippen LogP contribution >= 0.6 is 34.5 Å². The molecule has 2 fully saturated rings. The van der Waals surface area contributed by atoms with Gasteiger partial charge in [0.15, 0.2) is 0 Å². The highest BCUT2D eigenvalue weighted by atomic mass is 35.5. The number of benzene rings is 1. The summed E-state index contributed by atoms with van der Waals surface area (Å²) in [7, 11) is -3.74. The zero-order valence-corrected chi connectivity index (χ0v) is 18.9. The van der Waals surface area contributed by atoms with Gasteiger partial charge >= 0.3 is 0 Å². The quantitative estimate of drug-likeness (QED) is 0.640. The van der Waals surface area contributed by atoms with Gasteiger partial charge in [0.1, 0.15) is 4.90 Å². The molecular weight excluding hydrogens is 451 g/mol. The lowest BCUT2D eigenvalue weighted by molar-refractivity contribution is -0.137. The predicted octanol–water partition coefficient (Wildman–Crippen LogP) is 4.82. The Kier molecular flexibility index (Phi) is 6.23. The van der Waals surface area contributed by atoms with E-state index in [0.29, 0.717) is 31.0 Å². The molecule has 0 spiro atoms. The van der Waals surface area contributed by atoms with Crippen LogP contribution in [0, 0.1) is 5.92 Å². The van der Waals surface area contributed by atoms with Crippen molar-refractivity contribution in [1.82, 2.24) is 9.21 Å². The third-order valence-corrected chi connectivity index (χ3v) is 9.31. The fraction of sp³-hybridized carbons (Fsp3) is 0.450. The normalized spacial score (nSPS) is 21.6. The Bertz CT molecular complexity index is 987. The summed E-state index contributed by atoms with van der Waals surface area (Å²) >= 11 is 13.8. The highest BCUT2D eigenvalue weighted by Gasteiger charge is 2.38. The molecule has 4 rings (SSSR count). The Morgan fingerprint density at radius 2 is 1.83 bits per heavy atom. The average molecular weight is 473 g/mol. The highest BCUT2D eigenvalue weighted by molar-refractivity contribution is 7.89. The predicted molar refractivity (Wildman–Crippen MR) is 116 cm³/mol. The van der Waals surface area contributed by atoms with E-state index < -0.39 is 10.0 Å². The first kappa shape index (κ1) is 21.1. The van der Waals surface area contributed by atoms with Crippen LogP contribution in [-0.2, 0) is 14.8 Å². The maximum atomic E-state index is 13.2. The third-order valence-electron chi connectivity index (χ3n) is 5.72. The highest BCUT2D eigenvalue weighted by Crippen LogP contribution is 2.37. The first-order valence-electron chi connectivity index (χ1n) is 9.67. The fourth-order valence-electron chi connectivity index (χ4n) is 4.20. The number of hydrogen-bond acceptors (Lipinski definition) is 4. The zero-order valence-electron chi connectivity index (χ0n) is 15.8. The van der Waals surface area contributed by atoms with Gasteiger partial charge in [-0.05, 0) is 55.3 Å². The smallest absolute Gasteiger partial charge is 0.244 e. The first-order valence-corrected chi connectivity index (χ1v) is 12.7. The fourth-order valence-corrected chi connectivity index (χ4v) is 7.28. The summed E-state index contributed by atoms with van der Waals surface area (Å²) in [6.45, 7) is 1.39. The van der Waals surface area contributed by atoms with Gasteiger partial charge in [-0.1, -0.05) is 29.3 Å². The van der Waals surface area contributed by atoms with Crippen molar-refractivity contribution in [3.05, 3.63) is 50.6 Å². The maximum absolute atomic E-state index is 13.2. The summed E-state index contributed by atoms with van der Waals surface area (Å²) in [6.07, 6.45) is 3.04. The van der Waals surface area contributed by atoms with E-state index in [-0.39, 0.29) is 27.8 Å². The van der Waals surface area contributed by atoms with E-state index in [1.165, 1.54) is 21.3 Å². The largest absolute Gasteiger partial charge is 0.335 e. The minimum atomic E-state index is -3.74. The molecule has 1 aromatic carbocycles. The van der Waals surface area contributed by atoms with Gasteiger partial charge in [-0.3, -0.25) is 4.79 Å². The topological polar surface area (TPSA) is 57.7 Å². The number of carbonyl (C=O) groups excluding carboxylic acids is 1. The molecule has 2 aromatic rings. The van der Waals surface area contributed by atoms with Gasteiger partial charge in [0.05, 0.1) is 11.1 Å². The number of nitrogens with zero attached hydrogens (tertiary/aromatic N) is 2. The molecule has 0 N–H and O–H groups in total. The van der Waals surface area contributed by atoms with Gasteiger partial charge < -0.3 is 4.90 Å². The van der Waals surface area contributed by atoms with Gasteiger partial charge in [0.2, 0.25) is 15.9 Å². The summed E-state index contributed by atoms with van der Waals surface area (Å²) in [6, 6.07) is 8.70. The van der Waals surface area contributed by atoms with Crippen molar-refractivity contribution in [3.8, 4) is 0 Å². The van der Waals surface area contributed by atoms with Crippen molar-refractivity contribution in [2.24, 2.45) is 5.92 Å². The Morgan fingerprint density at radius 1 is 1.07 bits per heavy atom. The lowest BCUT2D eigenvalue weighted by Gasteiger charge is -2.34. The van der Waals surface area contributed by atoms with Crippen LogP contribution in [0.15, 0.2) is 40.6 Å². The standard InChI is InChI=1S/C20H22Cl2N2O3S2/c21-15-5-6-16(22)19(13-15)29(26,27)23-10-7-14(8-11-23)20(25)24-9-1-3-17(24)18-4-2-12-28-18/h2,4-6,12-14,17H,1,3,7-11H2. The van der Waals surface area contributed by atoms with Gasteiger partial charge in [-0.2, -0.15) is 4.31 Å². The molecule has 0 saturated carbocycles. The van der Waals surface area contributed by atoms with Gasteiger partial charge in [0.25, 0.3) is 0 Å². The Hall–Kier alpha value is -1.12. The van der Waals surface area contributed by atoms with Crippen LogP contribution in [0.4, 0.5) is 0 Å². The first-order chi connectivity index (χ1) is 13.9. The molecule has 1 aromatic heterocycles. The number of sulfonamides is 1. The van der Waals surface area contributed by atoms with E-state index in [4.69, 9.17) is 23.2 Å². The van der Waals surface area contributed by atoms with Crippen LogP contribution in [0.5, 0.6) is 0 Å². The molecule has 3 heterocycles. The summed E-state index contributed by atoms with van der Waals surface area (Å²) in [5.74, 6) is 0.00980. The van der Waals surface area contributed by atoms with Crippen LogP contribution in [-0.4, -0.2) is 43.2 Å². The van der Waals surface area contributed by atoms with E-state index in [9.17, 15) is 13.2 Å². The number of piperidine rings is 1. The Balaban J connectivity index is 1.44. The van der Waals surface area contributed by atoms with Crippen LogP contribution in [0.3, 0.4) is 0 Å². The summed E-state index contributed by atoms with van der Waals surface area (Å²) < 4.78 is 27.4. The van der Waals surface area contributed by atoms with Crippen LogP contribution in [0.1, 0.15) is 36.6 Å². The monoisotopic (exact) mass is 472 g/mol. The van der Waals surface area contributed by atoms with Crippen LogP contribution in [0.2, 0.25) is 10.0 Å². The molecule has 1 amide bonds. The number of carbonyl (C=O) groups is 1. The van der Waals surface area contributed by atoms with Crippen LogP contribution < -0.4 is 0 Å². The third kappa shape index (κ3) is 4.21. The number of halogens is 2. The minimum Gasteiger partial charge on any atom is -0.335 e.